The first-order valence-corrected chi connectivity index (χ1v) is 3.22. The van der Waals surface area contributed by atoms with Crippen LogP contribution >= 0.6 is 0 Å². The number of aromatic amines is 1. The topological polar surface area (TPSA) is 70.1 Å². The van der Waals surface area contributed by atoms with Crippen molar-refractivity contribution in [3.05, 3.63) is 11.9 Å². The van der Waals surface area contributed by atoms with E-state index in [1.54, 1.807) is 6.21 Å². The molecule has 5 nitrogen and oxygen atoms in total. The Morgan fingerprint density at radius 3 is 3.36 bits per heavy atom. The molecule has 0 aromatic carbocycles. The Bertz CT molecular complexity index is 314. The quantitative estimate of drug-likeness (QED) is 0.540. The van der Waals surface area contributed by atoms with E-state index in [1.807, 2.05) is 0 Å². The third-order valence-corrected chi connectivity index (χ3v) is 1.43. The zero-order valence-electron chi connectivity index (χ0n) is 5.66. The van der Waals surface area contributed by atoms with E-state index < -0.39 is 0 Å². The molecule has 2 heterocycles. The van der Waals surface area contributed by atoms with Gasteiger partial charge >= 0.3 is 0 Å². The molecule has 11 heavy (non-hydrogen) atoms. The molecular weight excluding hydrogens is 144 g/mol. The van der Waals surface area contributed by atoms with Crippen LogP contribution in [0.4, 0.5) is 5.69 Å². The van der Waals surface area contributed by atoms with Crippen molar-refractivity contribution >= 4 is 17.8 Å². The van der Waals surface area contributed by atoms with Gasteiger partial charge in [0, 0.05) is 6.21 Å². The Balaban J connectivity index is 2.53. The van der Waals surface area contributed by atoms with Crippen molar-refractivity contribution in [3.63, 3.8) is 0 Å². The Hall–Kier alpha value is -1.65. The number of rotatable bonds is 0. The first-order chi connectivity index (χ1) is 5.38. The summed E-state index contributed by atoms with van der Waals surface area (Å²) in [6.07, 6.45) is 3.16. The fourth-order valence-corrected chi connectivity index (χ4v) is 0.915. The van der Waals surface area contributed by atoms with E-state index in [0.717, 1.165) is 0 Å². The van der Waals surface area contributed by atoms with Crippen molar-refractivity contribution in [2.24, 2.45) is 4.99 Å². The number of fused-ring (bicyclic) bond motifs is 1. The Labute approximate surface area is 62.5 Å². The molecule has 1 aliphatic rings. The number of carbonyl (C=O) groups is 1. The summed E-state index contributed by atoms with van der Waals surface area (Å²) >= 11 is 0. The van der Waals surface area contributed by atoms with E-state index in [9.17, 15) is 4.79 Å². The van der Waals surface area contributed by atoms with Crippen LogP contribution in [0, 0.1) is 0 Å². The molecule has 1 aromatic heterocycles. The number of nitrogens with zero attached hydrogens (tertiary/aromatic N) is 2. The van der Waals surface area contributed by atoms with Gasteiger partial charge in [-0.3, -0.25) is 14.9 Å². The fourth-order valence-electron chi connectivity index (χ4n) is 0.915. The van der Waals surface area contributed by atoms with Gasteiger partial charge in [0.2, 0.25) is 0 Å². The number of hydrogen-bond acceptors (Lipinski definition) is 3. The van der Waals surface area contributed by atoms with Gasteiger partial charge in [0.15, 0.2) is 0 Å². The second-order valence-corrected chi connectivity index (χ2v) is 2.15. The minimum Gasteiger partial charge on any atom is -0.346 e. The summed E-state index contributed by atoms with van der Waals surface area (Å²) in [6, 6.07) is 0. The van der Waals surface area contributed by atoms with Crippen LogP contribution in [0.3, 0.4) is 0 Å². The highest BCUT2D eigenvalue weighted by Gasteiger charge is 2.13. The van der Waals surface area contributed by atoms with Crippen LogP contribution in [-0.4, -0.2) is 28.9 Å². The van der Waals surface area contributed by atoms with Gasteiger partial charge in [-0.25, -0.2) is 0 Å². The van der Waals surface area contributed by atoms with Crippen LogP contribution in [-0.2, 0) is 0 Å². The molecule has 0 saturated carbocycles. The molecule has 5 heteroatoms. The van der Waals surface area contributed by atoms with E-state index in [-0.39, 0.29) is 5.91 Å². The van der Waals surface area contributed by atoms with Crippen LogP contribution in [0.5, 0.6) is 0 Å². The number of amides is 1. The van der Waals surface area contributed by atoms with Crippen molar-refractivity contribution in [1.82, 2.24) is 15.5 Å². The number of H-pyrrole nitrogens is 1. The molecule has 0 radical (unpaired) electrons. The third kappa shape index (κ3) is 0.899. The highest BCUT2D eigenvalue weighted by atomic mass is 16.1. The maximum Gasteiger partial charge on any atom is 0.271 e. The standard InChI is InChI=1S/C6H6N4O/c11-6-5-4(3-9-10-5)7-1-2-8-6/h1,3H,2H2,(H,8,11)(H,9,10). The van der Waals surface area contributed by atoms with Crippen LogP contribution in [0.1, 0.15) is 10.5 Å². The zero-order valence-corrected chi connectivity index (χ0v) is 5.66. The lowest BCUT2D eigenvalue weighted by Gasteiger charge is -1.94. The SMILES string of the molecule is O=C1NCC=Nc2cn[nH]c21. The number of nitrogens with one attached hydrogen (secondary N) is 2. The number of hydrogen-bond donors (Lipinski definition) is 2. The Kier molecular flexibility index (Phi) is 1.21. The van der Waals surface area contributed by atoms with Crippen molar-refractivity contribution in [2.45, 2.75) is 0 Å². The Morgan fingerprint density at radius 1 is 1.55 bits per heavy atom. The molecule has 0 atom stereocenters. The second-order valence-electron chi connectivity index (χ2n) is 2.15. The largest absolute Gasteiger partial charge is 0.346 e. The van der Waals surface area contributed by atoms with Gasteiger partial charge in [0.1, 0.15) is 11.4 Å². The van der Waals surface area contributed by atoms with Gasteiger partial charge in [-0.15, -0.1) is 0 Å². The number of carbonyl (C=O) groups excluding carboxylic acids is 1. The molecule has 0 saturated heterocycles. The summed E-state index contributed by atoms with van der Waals surface area (Å²) in [6.45, 7) is 0.474. The van der Waals surface area contributed by atoms with Gasteiger partial charge in [-0.1, -0.05) is 0 Å². The van der Waals surface area contributed by atoms with E-state index in [2.05, 4.69) is 20.5 Å². The Morgan fingerprint density at radius 2 is 2.45 bits per heavy atom. The minimum atomic E-state index is -0.157. The van der Waals surface area contributed by atoms with Crippen LogP contribution in [0.2, 0.25) is 0 Å². The predicted molar refractivity (Wildman–Crippen MR) is 39.1 cm³/mol. The molecule has 1 amide bonds. The number of aliphatic imine (C=N–C) groups is 1. The van der Waals surface area contributed by atoms with Gasteiger partial charge in [-0.05, 0) is 0 Å². The van der Waals surface area contributed by atoms with E-state index >= 15 is 0 Å². The van der Waals surface area contributed by atoms with E-state index in [0.29, 0.717) is 17.9 Å². The maximum atomic E-state index is 11.1. The lowest BCUT2D eigenvalue weighted by atomic mass is 10.3. The van der Waals surface area contributed by atoms with E-state index in [4.69, 9.17) is 0 Å². The monoisotopic (exact) mass is 150 g/mol. The van der Waals surface area contributed by atoms with Gasteiger partial charge in [-0.2, -0.15) is 5.10 Å². The first kappa shape index (κ1) is 6.09. The first-order valence-electron chi connectivity index (χ1n) is 3.22. The normalized spacial score (nSPS) is 15.5. The van der Waals surface area contributed by atoms with E-state index in [1.165, 1.54) is 6.20 Å². The summed E-state index contributed by atoms with van der Waals surface area (Å²) in [5.41, 5.74) is 1.03. The molecule has 0 unspecified atom stereocenters. The van der Waals surface area contributed by atoms with Crippen LogP contribution in [0.25, 0.3) is 0 Å². The van der Waals surface area contributed by atoms with Crippen LogP contribution in [0.15, 0.2) is 11.2 Å². The van der Waals surface area contributed by atoms with Gasteiger partial charge < -0.3 is 5.32 Å². The molecule has 56 valence electrons. The summed E-state index contributed by atoms with van der Waals surface area (Å²) in [5, 5.41) is 8.90. The zero-order chi connectivity index (χ0) is 7.68. The smallest absolute Gasteiger partial charge is 0.271 e. The average molecular weight is 150 g/mol. The molecule has 0 aliphatic carbocycles. The van der Waals surface area contributed by atoms with Crippen LogP contribution < -0.4 is 5.32 Å². The molecule has 2 N–H and O–H groups in total. The average Bonchev–Trinajstić information content (AvgIpc) is 2.40. The molecule has 0 spiro atoms. The summed E-state index contributed by atoms with van der Waals surface area (Å²) in [7, 11) is 0. The highest BCUT2D eigenvalue weighted by molar-refractivity contribution is 5.99. The fraction of sp³-hybridized carbons (Fsp3) is 0.167. The van der Waals surface area contributed by atoms with Crippen molar-refractivity contribution in [3.8, 4) is 0 Å². The van der Waals surface area contributed by atoms with Crippen molar-refractivity contribution in [1.29, 1.82) is 0 Å². The molecule has 0 bridgehead atoms. The summed E-state index contributed by atoms with van der Waals surface area (Å²) in [5.74, 6) is -0.157. The molecule has 2 rings (SSSR count). The lowest BCUT2D eigenvalue weighted by Crippen LogP contribution is -2.24. The highest BCUT2D eigenvalue weighted by Crippen LogP contribution is 2.15. The van der Waals surface area contributed by atoms with Gasteiger partial charge in [0.05, 0.1) is 12.7 Å². The van der Waals surface area contributed by atoms with Crippen molar-refractivity contribution in [2.75, 3.05) is 6.54 Å². The predicted octanol–water partition coefficient (Wildman–Crippen LogP) is -0.145. The minimum absolute atomic E-state index is 0.157. The molecular formula is C6H6N4O. The lowest BCUT2D eigenvalue weighted by molar-refractivity contribution is 0.0956. The maximum absolute atomic E-state index is 11.1. The molecule has 0 fully saturated rings. The second kappa shape index (κ2) is 2.19. The molecule has 1 aliphatic heterocycles. The molecule has 1 aromatic rings. The van der Waals surface area contributed by atoms with Gasteiger partial charge in [0.25, 0.3) is 5.91 Å². The third-order valence-electron chi connectivity index (χ3n) is 1.43. The number of aromatic nitrogens is 2. The summed E-state index contributed by atoms with van der Waals surface area (Å²) < 4.78 is 0. The summed E-state index contributed by atoms with van der Waals surface area (Å²) in [4.78, 5) is 15.1. The van der Waals surface area contributed by atoms with Crippen molar-refractivity contribution < 1.29 is 4.79 Å².